The minimum atomic E-state index is -0.485. The standard InChI is InChI=1S/C12H10N4O2S/c1-18-11-7(3-2-4-14-11)9-6-16-12(19-9)8(5-15-16)10(13)17/h2-6H,1H3,(H2,13,17). The normalized spacial score (nSPS) is 10.8. The molecule has 2 N–H and O–H groups in total. The summed E-state index contributed by atoms with van der Waals surface area (Å²) in [5.41, 5.74) is 6.58. The van der Waals surface area contributed by atoms with Crippen LogP contribution < -0.4 is 10.5 Å². The average molecular weight is 274 g/mol. The van der Waals surface area contributed by atoms with Crippen LogP contribution in [0.4, 0.5) is 0 Å². The Morgan fingerprint density at radius 1 is 1.53 bits per heavy atom. The first-order valence-corrected chi connectivity index (χ1v) is 6.28. The van der Waals surface area contributed by atoms with Gasteiger partial charge in [0.25, 0.3) is 5.91 Å². The Hall–Kier alpha value is -2.41. The van der Waals surface area contributed by atoms with E-state index >= 15 is 0 Å². The van der Waals surface area contributed by atoms with Crippen molar-refractivity contribution in [3.05, 3.63) is 36.3 Å². The van der Waals surface area contributed by atoms with Gasteiger partial charge in [0.2, 0.25) is 5.88 Å². The molecule has 3 rings (SSSR count). The first-order valence-electron chi connectivity index (χ1n) is 5.47. The fraction of sp³-hybridized carbons (Fsp3) is 0.0833. The molecule has 0 aromatic carbocycles. The summed E-state index contributed by atoms with van der Waals surface area (Å²) in [4.78, 5) is 17.1. The van der Waals surface area contributed by atoms with Crippen molar-refractivity contribution in [2.45, 2.75) is 0 Å². The Balaban J connectivity index is 2.18. The summed E-state index contributed by atoms with van der Waals surface area (Å²) >= 11 is 1.42. The Kier molecular flexibility index (Phi) is 2.68. The number of nitrogens with zero attached hydrogens (tertiary/aromatic N) is 3. The lowest BCUT2D eigenvalue weighted by Crippen LogP contribution is -2.09. The zero-order valence-corrected chi connectivity index (χ0v) is 10.8. The van der Waals surface area contributed by atoms with E-state index in [1.165, 1.54) is 17.5 Å². The SMILES string of the molecule is COc1ncccc1-c1cn2ncc(C(N)=O)c2s1. The van der Waals surface area contributed by atoms with Crippen LogP contribution >= 0.6 is 11.3 Å². The van der Waals surface area contributed by atoms with Gasteiger partial charge in [-0.2, -0.15) is 5.10 Å². The number of hydrogen-bond donors (Lipinski definition) is 1. The number of rotatable bonds is 3. The molecule has 0 atom stereocenters. The zero-order chi connectivity index (χ0) is 13.4. The van der Waals surface area contributed by atoms with Crippen molar-refractivity contribution >= 4 is 22.1 Å². The maximum atomic E-state index is 11.3. The number of ether oxygens (including phenoxy) is 1. The summed E-state index contributed by atoms with van der Waals surface area (Å²) in [5, 5.41) is 4.11. The number of aromatic nitrogens is 3. The molecule has 0 saturated heterocycles. The fourth-order valence-corrected chi connectivity index (χ4v) is 2.90. The molecule has 0 fully saturated rings. The topological polar surface area (TPSA) is 82.5 Å². The molecular formula is C12H10N4O2S. The number of primary amides is 1. The van der Waals surface area contributed by atoms with Gasteiger partial charge in [-0.15, -0.1) is 11.3 Å². The average Bonchev–Trinajstić information content (AvgIpc) is 2.97. The van der Waals surface area contributed by atoms with Gasteiger partial charge in [0, 0.05) is 12.4 Å². The molecule has 3 aromatic rings. The molecule has 0 bridgehead atoms. The van der Waals surface area contributed by atoms with E-state index in [2.05, 4.69) is 10.1 Å². The van der Waals surface area contributed by atoms with Gasteiger partial charge in [0.05, 0.1) is 29.3 Å². The lowest BCUT2D eigenvalue weighted by molar-refractivity contribution is 0.100. The van der Waals surface area contributed by atoms with Crippen LogP contribution in [0.25, 0.3) is 15.3 Å². The van der Waals surface area contributed by atoms with Gasteiger partial charge in [0.1, 0.15) is 4.83 Å². The van der Waals surface area contributed by atoms with Crippen molar-refractivity contribution in [1.29, 1.82) is 0 Å². The van der Waals surface area contributed by atoms with Crippen molar-refractivity contribution in [3.8, 4) is 16.3 Å². The van der Waals surface area contributed by atoms with Gasteiger partial charge < -0.3 is 10.5 Å². The number of amides is 1. The number of pyridine rings is 1. The van der Waals surface area contributed by atoms with Gasteiger partial charge in [0.15, 0.2) is 0 Å². The summed E-state index contributed by atoms with van der Waals surface area (Å²) in [5.74, 6) is 0.0502. The molecule has 0 aliphatic rings. The molecule has 7 heteroatoms. The van der Waals surface area contributed by atoms with E-state index in [4.69, 9.17) is 10.5 Å². The van der Waals surface area contributed by atoms with Crippen LogP contribution in [0.3, 0.4) is 0 Å². The predicted molar refractivity (Wildman–Crippen MR) is 71.4 cm³/mol. The summed E-state index contributed by atoms with van der Waals surface area (Å²) in [6.45, 7) is 0. The van der Waals surface area contributed by atoms with Gasteiger partial charge in [-0.3, -0.25) is 4.79 Å². The highest BCUT2D eigenvalue weighted by atomic mass is 32.1. The Bertz CT molecular complexity index is 762. The minimum Gasteiger partial charge on any atom is -0.481 e. The first-order chi connectivity index (χ1) is 9.20. The number of carbonyl (C=O) groups is 1. The lowest BCUT2D eigenvalue weighted by Gasteiger charge is -2.03. The Labute approximate surface area is 112 Å². The summed E-state index contributed by atoms with van der Waals surface area (Å²) in [7, 11) is 1.57. The number of fused-ring (bicyclic) bond motifs is 1. The molecule has 0 saturated carbocycles. The molecule has 3 aromatic heterocycles. The molecule has 0 radical (unpaired) electrons. The van der Waals surface area contributed by atoms with Crippen LogP contribution in [0.15, 0.2) is 30.7 Å². The third-order valence-corrected chi connectivity index (χ3v) is 3.84. The second-order valence-electron chi connectivity index (χ2n) is 3.83. The maximum Gasteiger partial charge on any atom is 0.253 e. The highest BCUT2D eigenvalue weighted by Crippen LogP contribution is 2.34. The van der Waals surface area contributed by atoms with Gasteiger partial charge in [-0.25, -0.2) is 9.50 Å². The van der Waals surface area contributed by atoms with E-state index in [0.29, 0.717) is 16.3 Å². The molecule has 0 aliphatic heterocycles. The van der Waals surface area contributed by atoms with Crippen molar-refractivity contribution < 1.29 is 9.53 Å². The van der Waals surface area contributed by atoms with E-state index in [1.807, 2.05) is 18.3 Å². The van der Waals surface area contributed by atoms with Crippen LogP contribution in [-0.2, 0) is 0 Å². The molecule has 0 spiro atoms. The van der Waals surface area contributed by atoms with Crippen LogP contribution in [0.5, 0.6) is 5.88 Å². The Morgan fingerprint density at radius 2 is 2.37 bits per heavy atom. The zero-order valence-electron chi connectivity index (χ0n) is 10.0. The molecule has 96 valence electrons. The predicted octanol–water partition coefficient (Wildman–Crippen LogP) is 1.57. The maximum absolute atomic E-state index is 11.3. The van der Waals surface area contributed by atoms with Crippen molar-refractivity contribution in [3.63, 3.8) is 0 Å². The summed E-state index contributed by atoms with van der Waals surface area (Å²) in [6.07, 6.45) is 4.96. The largest absolute Gasteiger partial charge is 0.481 e. The summed E-state index contributed by atoms with van der Waals surface area (Å²) < 4.78 is 6.86. The number of nitrogens with two attached hydrogens (primary N) is 1. The number of carbonyl (C=O) groups excluding carboxylic acids is 1. The van der Waals surface area contributed by atoms with Crippen LogP contribution in [0, 0.1) is 0 Å². The molecule has 0 aliphatic carbocycles. The quantitative estimate of drug-likeness (QED) is 0.785. The smallest absolute Gasteiger partial charge is 0.253 e. The molecule has 19 heavy (non-hydrogen) atoms. The van der Waals surface area contributed by atoms with E-state index < -0.39 is 5.91 Å². The van der Waals surface area contributed by atoms with Gasteiger partial charge >= 0.3 is 0 Å². The van der Waals surface area contributed by atoms with Gasteiger partial charge in [-0.1, -0.05) is 0 Å². The molecular weight excluding hydrogens is 264 g/mol. The lowest BCUT2D eigenvalue weighted by atomic mass is 10.2. The van der Waals surface area contributed by atoms with E-state index in [1.54, 1.807) is 17.8 Å². The second-order valence-corrected chi connectivity index (χ2v) is 4.86. The molecule has 0 unspecified atom stereocenters. The van der Waals surface area contributed by atoms with Gasteiger partial charge in [-0.05, 0) is 12.1 Å². The fourth-order valence-electron chi connectivity index (χ4n) is 1.82. The third kappa shape index (κ3) is 1.84. The Morgan fingerprint density at radius 3 is 3.11 bits per heavy atom. The van der Waals surface area contributed by atoms with Crippen LogP contribution in [0.1, 0.15) is 10.4 Å². The highest BCUT2D eigenvalue weighted by molar-refractivity contribution is 7.21. The van der Waals surface area contributed by atoms with Crippen molar-refractivity contribution in [1.82, 2.24) is 14.6 Å². The third-order valence-electron chi connectivity index (χ3n) is 2.69. The second kappa shape index (κ2) is 4.36. The number of methoxy groups -OCH3 is 1. The van der Waals surface area contributed by atoms with Crippen molar-refractivity contribution in [2.24, 2.45) is 5.73 Å². The van der Waals surface area contributed by atoms with E-state index in [0.717, 1.165) is 10.4 Å². The highest BCUT2D eigenvalue weighted by Gasteiger charge is 2.15. The molecule has 3 heterocycles. The minimum absolute atomic E-state index is 0.416. The monoisotopic (exact) mass is 274 g/mol. The molecule has 1 amide bonds. The van der Waals surface area contributed by atoms with Crippen molar-refractivity contribution in [2.75, 3.05) is 7.11 Å². The van der Waals surface area contributed by atoms with E-state index in [-0.39, 0.29) is 0 Å². The number of hydrogen-bond acceptors (Lipinski definition) is 5. The number of thiazole rings is 1. The van der Waals surface area contributed by atoms with Crippen LogP contribution in [-0.4, -0.2) is 27.6 Å². The van der Waals surface area contributed by atoms with E-state index in [9.17, 15) is 4.79 Å². The van der Waals surface area contributed by atoms with Crippen LogP contribution in [0.2, 0.25) is 0 Å². The summed E-state index contributed by atoms with van der Waals surface area (Å²) in [6, 6.07) is 3.73. The molecule has 6 nitrogen and oxygen atoms in total. The first kappa shape index (κ1) is 11.7.